The van der Waals surface area contributed by atoms with E-state index in [2.05, 4.69) is 20.9 Å². The van der Waals surface area contributed by atoms with Gasteiger partial charge in [0.25, 0.3) is 0 Å². The first-order chi connectivity index (χ1) is 9.63. The van der Waals surface area contributed by atoms with E-state index in [4.69, 9.17) is 23.8 Å². The standard InChI is InChI=1S/C13H14ClN5S/c1-9-11(8-16-17-13(20)15-2)12(14)18-19(9)10-6-4-3-5-7-10/h3-8H,1-2H3,(H2,15,17,20)/b16-8-. The minimum absolute atomic E-state index is 0.396. The SMILES string of the molecule is CNC(=S)N/N=C\c1c(Cl)nn(-c2ccccc2)c1C. The number of hydrogen-bond acceptors (Lipinski definition) is 3. The van der Waals surface area contributed by atoms with Gasteiger partial charge >= 0.3 is 0 Å². The molecule has 0 atom stereocenters. The van der Waals surface area contributed by atoms with Crippen molar-refractivity contribution in [1.29, 1.82) is 0 Å². The van der Waals surface area contributed by atoms with Crippen LogP contribution in [0.25, 0.3) is 5.69 Å². The number of halogens is 1. The Balaban J connectivity index is 2.28. The van der Waals surface area contributed by atoms with E-state index in [0.717, 1.165) is 16.9 Å². The molecular formula is C13H14ClN5S. The molecule has 2 aromatic rings. The highest BCUT2D eigenvalue weighted by molar-refractivity contribution is 7.80. The van der Waals surface area contributed by atoms with E-state index in [1.807, 2.05) is 37.3 Å². The molecule has 0 aliphatic rings. The highest BCUT2D eigenvalue weighted by atomic mass is 35.5. The molecule has 2 rings (SSSR count). The Bertz CT molecular complexity index is 636. The predicted molar refractivity (Wildman–Crippen MR) is 85.7 cm³/mol. The molecule has 7 heteroatoms. The van der Waals surface area contributed by atoms with E-state index in [1.54, 1.807) is 17.9 Å². The molecule has 0 radical (unpaired) electrons. The van der Waals surface area contributed by atoms with Crippen molar-refractivity contribution in [2.75, 3.05) is 7.05 Å². The number of nitrogens with one attached hydrogen (secondary N) is 2. The fraction of sp³-hybridized carbons (Fsp3) is 0.154. The molecule has 0 saturated heterocycles. The molecule has 0 amide bonds. The summed E-state index contributed by atoms with van der Waals surface area (Å²) in [6, 6.07) is 9.78. The van der Waals surface area contributed by atoms with Gasteiger partial charge in [0.15, 0.2) is 10.3 Å². The van der Waals surface area contributed by atoms with E-state index in [0.29, 0.717) is 10.3 Å². The predicted octanol–water partition coefficient (Wildman–Crippen LogP) is 2.26. The maximum Gasteiger partial charge on any atom is 0.186 e. The molecule has 0 saturated carbocycles. The van der Waals surface area contributed by atoms with Crippen molar-refractivity contribution < 1.29 is 0 Å². The molecular weight excluding hydrogens is 294 g/mol. The Morgan fingerprint density at radius 3 is 2.75 bits per heavy atom. The molecule has 0 aliphatic carbocycles. The Hall–Kier alpha value is -1.92. The third kappa shape index (κ3) is 3.15. The van der Waals surface area contributed by atoms with Crippen LogP contribution in [0, 0.1) is 6.92 Å². The Labute approximate surface area is 127 Å². The van der Waals surface area contributed by atoms with E-state index < -0.39 is 0 Å². The van der Waals surface area contributed by atoms with Gasteiger partial charge < -0.3 is 5.32 Å². The summed E-state index contributed by atoms with van der Waals surface area (Å²) in [5.74, 6) is 0. The average Bonchev–Trinajstić information content (AvgIpc) is 2.75. The summed E-state index contributed by atoms with van der Waals surface area (Å²) in [5, 5.41) is 11.9. The molecule has 1 aromatic carbocycles. The average molecular weight is 308 g/mol. The number of hydrazone groups is 1. The number of benzene rings is 1. The highest BCUT2D eigenvalue weighted by Gasteiger charge is 2.12. The number of hydrogen-bond donors (Lipinski definition) is 2. The number of aromatic nitrogens is 2. The quantitative estimate of drug-likeness (QED) is 0.519. The van der Waals surface area contributed by atoms with Crippen LogP contribution in [-0.2, 0) is 0 Å². The molecule has 0 spiro atoms. The van der Waals surface area contributed by atoms with Gasteiger partial charge in [-0.25, -0.2) is 4.68 Å². The van der Waals surface area contributed by atoms with Crippen LogP contribution in [0.2, 0.25) is 5.15 Å². The zero-order valence-corrected chi connectivity index (χ0v) is 12.7. The van der Waals surface area contributed by atoms with Crippen LogP contribution in [0.3, 0.4) is 0 Å². The van der Waals surface area contributed by atoms with Gasteiger partial charge in [0, 0.05) is 7.05 Å². The molecule has 0 aliphatic heterocycles. The topological polar surface area (TPSA) is 54.2 Å². The second-order valence-corrected chi connectivity index (χ2v) is 4.75. The van der Waals surface area contributed by atoms with E-state index >= 15 is 0 Å². The van der Waals surface area contributed by atoms with Gasteiger partial charge in [0.05, 0.1) is 23.2 Å². The van der Waals surface area contributed by atoms with Crippen LogP contribution in [0.4, 0.5) is 0 Å². The summed E-state index contributed by atoms with van der Waals surface area (Å²) < 4.78 is 1.78. The van der Waals surface area contributed by atoms with E-state index in [-0.39, 0.29) is 0 Å². The van der Waals surface area contributed by atoms with Crippen molar-refractivity contribution in [3.63, 3.8) is 0 Å². The molecule has 0 unspecified atom stereocenters. The van der Waals surface area contributed by atoms with E-state index in [9.17, 15) is 0 Å². The fourth-order valence-electron chi connectivity index (χ4n) is 1.66. The van der Waals surface area contributed by atoms with Gasteiger partial charge in [-0.15, -0.1) is 0 Å². The minimum atomic E-state index is 0.396. The smallest absolute Gasteiger partial charge is 0.186 e. The van der Waals surface area contributed by atoms with Crippen LogP contribution in [0.1, 0.15) is 11.3 Å². The van der Waals surface area contributed by atoms with Crippen molar-refractivity contribution in [1.82, 2.24) is 20.5 Å². The number of thiocarbonyl (C=S) groups is 1. The Morgan fingerprint density at radius 1 is 1.40 bits per heavy atom. The summed E-state index contributed by atoms with van der Waals surface area (Å²) >= 11 is 11.1. The van der Waals surface area contributed by atoms with Crippen LogP contribution >= 0.6 is 23.8 Å². The van der Waals surface area contributed by atoms with Crippen molar-refractivity contribution in [3.05, 3.63) is 46.7 Å². The summed E-state index contributed by atoms with van der Waals surface area (Å²) in [5.41, 5.74) is 5.28. The van der Waals surface area contributed by atoms with Crippen molar-refractivity contribution >= 4 is 35.1 Å². The monoisotopic (exact) mass is 307 g/mol. The molecule has 5 nitrogen and oxygen atoms in total. The van der Waals surface area contributed by atoms with Crippen LogP contribution < -0.4 is 10.7 Å². The first-order valence-corrected chi connectivity index (χ1v) is 6.73. The number of nitrogens with zero attached hydrogens (tertiary/aromatic N) is 3. The first kappa shape index (κ1) is 14.5. The lowest BCUT2D eigenvalue weighted by Gasteiger charge is -2.03. The zero-order valence-electron chi connectivity index (χ0n) is 11.1. The maximum absolute atomic E-state index is 6.15. The lowest BCUT2D eigenvalue weighted by Crippen LogP contribution is -2.28. The van der Waals surface area contributed by atoms with Gasteiger partial charge in [-0.2, -0.15) is 10.2 Å². The van der Waals surface area contributed by atoms with Gasteiger partial charge in [-0.1, -0.05) is 29.8 Å². The summed E-state index contributed by atoms with van der Waals surface area (Å²) in [6.07, 6.45) is 1.60. The fourth-order valence-corrected chi connectivity index (χ4v) is 1.97. The van der Waals surface area contributed by atoms with E-state index in [1.165, 1.54) is 0 Å². The lowest BCUT2D eigenvalue weighted by atomic mass is 10.2. The van der Waals surface area contributed by atoms with Gasteiger partial charge in [0.1, 0.15) is 0 Å². The summed E-state index contributed by atoms with van der Waals surface area (Å²) in [6.45, 7) is 1.93. The normalized spacial score (nSPS) is 10.8. The third-order valence-electron chi connectivity index (χ3n) is 2.71. The van der Waals surface area contributed by atoms with Crippen molar-refractivity contribution in [3.8, 4) is 5.69 Å². The second kappa shape index (κ2) is 6.49. The van der Waals surface area contributed by atoms with Crippen molar-refractivity contribution in [2.45, 2.75) is 6.92 Å². The highest BCUT2D eigenvalue weighted by Crippen LogP contribution is 2.20. The maximum atomic E-state index is 6.15. The largest absolute Gasteiger partial charge is 0.364 e. The molecule has 1 heterocycles. The van der Waals surface area contributed by atoms with Gasteiger partial charge in [0.2, 0.25) is 0 Å². The van der Waals surface area contributed by atoms with Gasteiger partial charge in [-0.3, -0.25) is 5.43 Å². The van der Waals surface area contributed by atoms with Crippen LogP contribution in [0.5, 0.6) is 0 Å². The van der Waals surface area contributed by atoms with Crippen LogP contribution in [-0.4, -0.2) is 28.2 Å². The lowest BCUT2D eigenvalue weighted by molar-refractivity contribution is 0.847. The Kier molecular flexibility index (Phi) is 4.70. The number of rotatable bonds is 3. The zero-order chi connectivity index (χ0) is 14.5. The Morgan fingerprint density at radius 2 is 2.10 bits per heavy atom. The molecule has 0 fully saturated rings. The molecule has 104 valence electrons. The molecule has 2 N–H and O–H groups in total. The summed E-state index contributed by atoms with van der Waals surface area (Å²) in [4.78, 5) is 0. The molecule has 0 bridgehead atoms. The second-order valence-electron chi connectivity index (χ2n) is 3.99. The minimum Gasteiger partial charge on any atom is -0.364 e. The molecule has 20 heavy (non-hydrogen) atoms. The van der Waals surface area contributed by atoms with Crippen LogP contribution in [0.15, 0.2) is 35.4 Å². The third-order valence-corrected chi connectivity index (χ3v) is 3.28. The molecule has 1 aromatic heterocycles. The van der Waals surface area contributed by atoms with Crippen molar-refractivity contribution in [2.24, 2.45) is 5.10 Å². The van der Waals surface area contributed by atoms with Gasteiger partial charge in [-0.05, 0) is 31.3 Å². The summed E-state index contributed by atoms with van der Waals surface area (Å²) in [7, 11) is 1.72. The first-order valence-electron chi connectivity index (χ1n) is 5.95. The number of para-hydroxylation sites is 1.